The van der Waals surface area contributed by atoms with Crippen LogP contribution < -0.4 is 10.9 Å². The molecule has 1 saturated carbocycles. The van der Waals surface area contributed by atoms with E-state index < -0.39 is 0 Å². The van der Waals surface area contributed by atoms with Crippen LogP contribution in [-0.2, 0) is 6.54 Å². The van der Waals surface area contributed by atoms with Gasteiger partial charge in [-0.2, -0.15) is 0 Å². The van der Waals surface area contributed by atoms with Gasteiger partial charge in [0.1, 0.15) is 0 Å². The van der Waals surface area contributed by atoms with Gasteiger partial charge in [0.2, 0.25) is 0 Å². The van der Waals surface area contributed by atoms with Gasteiger partial charge in [0.15, 0.2) is 0 Å². The molecule has 0 radical (unpaired) electrons. The van der Waals surface area contributed by atoms with Crippen molar-refractivity contribution in [1.29, 1.82) is 0 Å². The number of carbonyl (C=O) groups excluding carboxylic acids is 1. The topological polar surface area (TPSA) is 64.0 Å². The second-order valence-corrected chi connectivity index (χ2v) is 5.82. The van der Waals surface area contributed by atoms with Gasteiger partial charge in [0.05, 0.1) is 12.0 Å². The Morgan fingerprint density at radius 3 is 2.68 bits per heavy atom. The number of benzene rings is 1. The molecule has 22 heavy (non-hydrogen) atoms. The van der Waals surface area contributed by atoms with Crippen molar-refractivity contribution in [3.05, 3.63) is 63.3 Å². The summed E-state index contributed by atoms with van der Waals surface area (Å²) >= 11 is 5.78. The molecule has 1 aromatic heterocycles. The van der Waals surface area contributed by atoms with Crippen molar-refractivity contribution in [3.8, 4) is 0 Å². The van der Waals surface area contributed by atoms with E-state index >= 15 is 0 Å². The number of carbonyl (C=O) groups is 1. The summed E-state index contributed by atoms with van der Waals surface area (Å²) < 4.78 is 1.51. The van der Waals surface area contributed by atoms with Crippen LogP contribution in [0.1, 0.15) is 34.8 Å². The molecule has 0 aliphatic heterocycles. The lowest BCUT2D eigenvalue weighted by atomic mass is 10.2. The molecule has 0 spiro atoms. The summed E-state index contributed by atoms with van der Waals surface area (Å²) in [6, 6.07) is 8.26. The molecule has 0 unspecified atom stereocenters. The van der Waals surface area contributed by atoms with Gasteiger partial charge in [-0.1, -0.05) is 11.6 Å². The molecule has 1 N–H and O–H groups in total. The summed E-state index contributed by atoms with van der Waals surface area (Å²) in [5, 5.41) is 3.36. The highest BCUT2D eigenvalue weighted by Crippen LogP contribution is 2.38. The molecule has 0 bridgehead atoms. The van der Waals surface area contributed by atoms with E-state index in [0.717, 1.165) is 18.5 Å². The van der Waals surface area contributed by atoms with Crippen molar-refractivity contribution in [2.75, 3.05) is 6.54 Å². The van der Waals surface area contributed by atoms with Crippen LogP contribution in [0.3, 0.4) is 0 Å². The fraction of sp³-hybridized carbons (Fsp3) is 0.312. The van der Waals surface area contributed by atoms with E-state index in [1.807, 2.05) is 0 Å². The Hall–Kier alpha value is -2.14. The second-order valence-electron chi connectivity index (χ2n) is 5.38. The third-order valence-electron chi connectivity index (χ3n) is 3.64. The van der Waals surface area contributed by atoms with E-state index in [1.54, 1.807) is 36.7 Å². The first-order valence-corrected chi connectivity index (χ1v) is 7.61. The Labute approximate surface area is 132 Å². The Kier molecular flexibility index (Phi) is 4.24. The third kappa shape index (κ3) is 3.54. The van der Waals surface area contributed by atoms with Crippen LogP contribution >= 0.6 is 11.6 Å². The average Bonchev–Trinajstić information content (AvgIpc) is 3.34. The van der Waals surface area contributed by atoms with Gasteiger partial charge in [-0.3, -0.25) is 14.2 Å². The van der Waals surface area contributed by atoms with Crippen molar-refractivity contribution in [2.45, 2.75) is 25.3 Å². The maximum absolute atomic E-state index is 12.0. The number of rotatable bonds is 5. The first-order valence-electron chi connectivity index (χ1n) is 7.23. The zero-order valence-electron chi connectivity index (χ0n) is 12.0. The minimum absolute atomic E-state index is 0.0716. The number of hydrogen-bond donors (Lipinski definition) is 1. The normalized spacial score (nSPS) is 13.9. The number of hydrogen-bond acceptors (Lipinski definition) is 3. The molecular formula is C16H16ClN3O2. The van der Waals surface area contributed by atoms with Crippen LogP contribution in [0.2, 0.25) is 5.02 Å². The molecule has 1 aliphatic rings. The zero-order valence-corrected chi connectivity index (χ0v) is 12.7. The Balaban J connectivity index is 1.55. The monoisotopic (exact) mass is 317 g/mol. The van der Waals surface area contributed by atoms with Crippen LogP contribution in [0.5, 0.6) is 0 Å². The minimum atomic E-state index is -0.188. The molecule has 6 heteroatoms. The number of nitrogens with one attached hydrogen (secondary N) is 1. The average molecular weight is 318 g/mol. The second kappa shape index (κ2) is 6.32. The molecular weight excluding hydrogens is 302 g/mol. The molecule has 1 heterocycles. The standard InChI is InChI=1S/C16H16ClN3O2/c17-13-5-3-12(4-6-13)16(22)18-7-8-20-10-19-14(9-15(20)21)11-1-2-11/h3-6,9-11H,1-2,7-8H2,(H,18,22). The lowest BCUT2D eigenvalue weighted by Gasteiger charge is -2.08. The van der Waals surface area contributed by atoms with E-state index in [2.05, 4.69) is 10.3 Å². The molecule has 114 valence electrons. The number of aromatic nitrogens is 2. The maximum Gasteiger partial charge on any atom is 0.253 e. The highest BCUT2D eigenvalue weighted by Gasteiger charge is 2.25. The molecule has 2 aromatic rings. The molecule has 0 atom stereocenters. The van der Waals surface area contributed by atoms with Gasteiger partial charge in [-0.15, -0.1) is 0 Å². The minimum Gasteiger partial charge on any atom is -0.350 e. The molecule has 3 rings (SSSR count). The molecule has 5 nitrogen and oxygen atoms in total. The lowest BCUT2D eigenvalue weighted by molar-refractivity contribution is 0.0952. The summed E-state index contributed by atoms with van der Waals surface area (Å²) in [5.74, 6) is 0.277. The molecule has 1 fully saturated rings. The predicted octanol–water partition coefficient (Wildman–Crippen LogP) is 2.20. The number of amides is 1. The van der Waals surface area contributed by atoms with Crippen LogP contribution in [0.15, 0.2) is 41.5 Å². The summed E-state index contributed by atoms with van der Waals surface area (Å²) in [5.41, 5.74) is 1.35. The lowest BCUT2D eigenvalue weighted by Crippen LogP contribution is -2.31. The molecule has 1 aromatic carbocycles. The summed E-state index contributed by atoms with van der Waals surface area (Å²) in [6.45, 7) is 0.766. The van der Waals surface area contributed by atoms with Crippen molar-refractivity contribution < 1.29 is 4.79 Å². The van der Waals surface area contributed by atoms with Crippen LogP contribution in [-0.4, -0.2) is 22.0 Å². The molecule has 1 amide bonds. The number of nitrogens with zero attached hydrogens (tertiary/aromatic N) is 2. The van der Waals surface area contributed by atoms with E-state index in [0.29, 0.717) is 29.6 Å². The largest absolute Gasteiger partial charge is 0.350 e. The smallest absolute Gasteiger partial charge is 0.253 e. The Bertz CT molecular complexity index is 736. The molecule has 0 saturated heterocycles. The van der Waals surface area contributed by atoms with Gasteiger partial charge in [0, 0.05) is 35.7 Å². The van der Waals surface area contributed by atoms with Crippen molar-refractivity contribution >= 4 is 17.5 Å². The third-order valence-corrected chi connectivity index (χ3v) is 3.89. The SMILES string of the molecule is O=C(NCCn1cnc(C2CC2)cc1=O)c1ccc(Cl)cc1. The van der Waals surface area contributed by atoms with E-state index in [4.69, 9.17) is 11.6 Å². The van der Waals surface area contributed by atoms with E-state index in [9.17, 15) is 9.59 Å². The number of halogens is 1. The van der Waals surface area contributed by atoms with Crippen LogP contribution in [0, 0.1) is 0 Å². The van der Waals surface area contributed by atoms with Crippen molar-refractivity contribution in [2.24, 2.45) is 0 Å². The molecule has 1 aliphatic carbocycles. The zero-order chi connectivity index (χ0) is 15.5. The van der Waals surface area contributed by atoms with Gasteiger partial charge >= 0.3 is 0 Å². The predicted molar refractivity (Wildman–Crippen MR) is 84.3 cm³/mol. The van der Waals surface area contributed by atoms with Crippen molar-refractivity contribution in [1.82, 2.24) is 14.9 Å². The van der Waals surface area contributed by atoms with Crippen molar-refractivity contribution in [3.63, 3.8) is 0 Å². The highest BCUT2D eigenvalue weighted by molar-refractivity contribution is 6.30. The Morgan fingerprint density at radius 1 is 1.32 bits per heavy atom. The fourth-order valence-corrected chi connectivity index (χ4v) is 2.33. The summed E-state index contributed by atoms with van der Waals surface area (Å²) in [4.78, 5) is 28.2. The van der Waals surface area contributed by atoms with Gasteiger partial charge in [-0.25, -0.2) is 4.98 Å². The highest BCUT2D eigenvalue weighted by atomic mass is 35.5. The first-order chi connectivity index (χ1) is 10.6. The van der Waals surface area contributed by atoms with E-state index in [1.165, 1.54) is 4.57 Å². The van der Waals surface area contributed by atoms with Gasteiger partial charge in [-0.05, 0) is 37.1 Å². The van der Waals surface area contributed by atoms with Crippen LogP contribution in [0.4, 0.5) is 0 Å². The summed E-state index contributed by atoms with van der Waals surface area (Å²) in [7, 11) is 0. The first kappa shape index (κ1) is 14.8. The fourth-order valence-electron chi connectivity index (χ4n) is 2.20. The van der Waals surface area contributed by atoms with Gasteiger partial charge in [0.25, 0.3) is 11.5 Å². The maximum atomic E-state index is 12.0. The summed E-state index contributed by atoms with van der Waals surface area (Å²) in [6.07, 6.45) is 3.80. The van der Waals surface area contributed by atoms with Crippen LogP contribution in [0.25, 0.3) is 0 Å². The van der Waals surface area contributed by atoms with E-state index in [-0.39, 0.29) is 11.5 Å². The van der Waals surface area contributed by atoms with Gasteiger partial charge < -0.3 is 5.32 Å². The quantitative estimate of drug-likeness (QED) is 0.919. The Morgan fingerprint density at radius 2 is 2.05 bits per heavy atom.